The van der Waals surface area contributed by atoms with E-state index in [4.69, 9.17) is 0 Å². The first-order valence-corrected chi connectivity index (χ1v) is 7.10. The Labute approximate surface area is 115 Å². The van der Waals surface area contributed by atoms with Crippen molar-refractivity contribution in [2.75, 3.05) is 36.5 Å². The number of aryl methyl sites for hydroxylation is 1. The molecule has 1 aliphatic heterocycles. The minimum atomic E-state index is 0.264. The fourth-order valence-corrected chi connectivity index (χ4v) is 2.51. The summed E-state index contributed by atoms with van der Waals surface area (Å²) in [6, 6.07) is 0. The van der Waals surface area contributed by atoms with Gasteiger partial charge in [0.15, 0.2) is 0 Å². The highest BCUT2D eigenvalue weighted by molar-refractivity contribution is 5.59. The van der Waals surface area contributed by atoms with Crippen molar-refractivity contribution >= 4 is 11.6 Å². The van der Waals surface area contributed by atoms with E-state index in [0.29, 0.717) is 5.92 Å². The summed E-state index contributed by atoms with van der Waals surface area (Å²) >= 11 is 0. The van der Waals surface area contributed by atoms with E-state index in [1.54, 1.807) is 0 Å². The molecule has 5 heteroatoms. The Morgan fingerprint density at radius 2 is 2.16 bits per heavy atom. The summed E-state index contributed by atoms with van der Waals surface area (Å²) in [6.45, 7) is 9.19. The molecule has 0 saturated carbocycles. The first-order valence-electron chi connectivity index (χ1n) is 7.10. The van der Waals surface area contributed by atoms with Gasteiger partial charge in [0, 0.05) is 37.7 Å². The van der Waals surface area contributed by atoms with Gasteiger partial charge in [-0.25, -0.2) is 9.97 Å². The summed E-state index contributed by atoms with van der Waals surface area (Å²) in [5.74, 6) is 3.13. The molecule has 0 aromatic carbocycles. The van der Waals surface area contributed by atoms with Crippen LogP contribution < -0.4 is 10.2 Å². The van der Waals surface area contributed by atoms with Gasteiger partial charge in [-0.15, -0.1) is 0 Å². The third-order valence-electron chi connectivity index (χ3n) is 3.62. The number of hydrogen-bond acceptors (Lipinski definition) is 5. The van der Waals surface area contributed by atoms with Crippen LogP contribution in [0.5, 0.6) is 0 Å². The predicted octanol–water partition coefficient (Wildman–Crippen LogP) is 1.73. The van der Waals surface area contributed by atoms with Crippen molar-refractivity contribution in [3.05, 3.63) is 11.4 Å². The molecule has 1 fully saturated rings. The van der Waals surface area contributed by atoms with Gasteiger partial charge < -0.3 is 15.3 Å². The molecule has 0 radical (unpaired) electrons. The Balaban J connectivity index is 2.22. The first kappa shape index (κ1) is 14.1. The minimum Gasteiger partial charge on any atom is -0.396 e. The third-order valence-corrected chi connectivity index (χ3v) is 3.62. The molecule has 106 valence electrons. The second kappa shape index (κ2) is 6.19. The van der Waals surface area contributed by atoms with Crippen LogP contribution in [0, 0.1) is 19.8 Å². The summed E-state index contributed by atoms with van der Waals surface area (Å²) < 4.78 is 0. The zero-order valence-electron chi connectivity index (χ0n) is 12.1. The maximum Gasteiger partial charge on any atom is 0.137 e. The monoisotopic (exact) mass is 264 g/mol. The standard InChI is InChI=1S/C14H24N4O/c1-4-6-15-13-10(2)14(17-11(3)16-13)18-7-5-12(8-18)9-19/h12,19H,4-9H2,1-3H3,(H,15,16,17). The maximum absolute atomic E-state index is 9.25. The predicted molar refractivity (Wildman–Crippen MR) is 77.7 cm³/mol. The average Bonchev–Trinajstić information content (AvgIpc) is 2.88. The molecule has 1 aromatic heterocycles. The number of aliphatic hydroxyl groups excluding tert-OH is 1. The van der Waals surface area contributed by atoms with Crippen LogP contribution in [0.3, 0.4) is 0 Å². The zero-order chi connectivity index (χ0) is 13.8. The SMILES string of the molecule is CCCNc1nc(C)nc(N2CCC(CO)C2)c1C. The van der Waals surface area contributed by atoms with Gasteiger partial charge in [-0.05, 0) is 26.7 Å². The van der Waals surface area contributed by atoms with Crippen LogP contribution in [0.2, 0.25) is 0 Å². The van der Waals surface area contributed by atoms with Crippen molar-refractivity contribution in [3.63, 3.8) is 0 Å². The first-order chi connectivity index (χ1) is 9.15. The van der Waals surface area contributed by atoms with Gasteiger partial charge in [0.25, 0.3) is 0 Å². The van der Waals surface area contributed by atoms with Crippen molar-refractivity contribution in [1.29, 1.82) is 0 Å². The number of rotatable bonds is 5. The lowest BCUT2D eigenvalue weighted by Crippen LogP contribution is -2.24. The van der Waals surface area contributed by atoms with Gasteiger partial charge in [-0.2, -0.15) is 0 Å². The Hall–Kier alpha value is -1.36. The lowest BCUT2D eigenvalue weighted by molar-refractivity contribution is 0.238. The number of nitrogens with one attached hydrogen (secondary N) is 1. The summed E-state index contributed by atoms with van der Waals surface area (Å²) in [7, 11) is 0. The molecule has 0 bridgehead atoms. The van der Waals surface area contributed by atoms with Crippen LogP contribution in [0.25, 0.3) is 0 Å². The zero-order valence-corrected chi connectivity index (χ0v) is 12.1. The molecule has 0 aliphatic carbocycles. The van der Waals surface area contributed by atoms with Crippen molar-refractivity contribution in [3.8, 4) is 0 Å². The van der Waals surface area contributed by atoms with E-state index in [0.717, 1.165) is 55.5 Å². The molecule has 19 heavy (non-hydrogen) atoms. The van der Waals surface area contributed by atoms with E-state index in [2.05, 4.69) is 34.0 Å². The van der Waals surface area contributed by atoms with Crippen LogP contribution in [-0.4, -0.2) is 41.3 Å². The maximum atomic E-state index is 9.25. The van der Waals surface area contributed by atoms with E-state index in [9.17, 15) is 5.11 Å². The molecule has 1 aliphatic rings. The Kier molecular flexibility index (Phi) is 4.58. The molecule has 2 heterocycles. The number of nitrogens with zero attached hydrogens (tertiary/aromatic N) is 3. The van der Waals surface area contributed by atoms with Crippen LogP contribution in [0.4, 0.5) is 11.6 Å². The largest absolute Gasteiger partial charge is 0.396 e. The number of anilines is 2. The fourth-order valence-electron chi connectivity index (χ4n) is 2.51. The van der Waals surface area contributed by atoms with Gasteiger partial charge in [-0.3, -0.25) is 0 Å². The van der Waals surface area contributed by atoms with Crippen LogP contribution >= 0.6 is 0 Å². The highest BCUT2D eigenvalue weighted by Gasteiger charge is 2.25. The van der Waals surface area contributed by atoms with E-state index in [-0.39, 0.29) is 6.61 Å². The van der Waals surface area contributed by atoms with Crippen molar-refractivity contribution in [2.24, 2.45) is 5.92 Å². The van der Waals surface area contributed by atoms with Crippen LogP contribution in [0.15, 0.2) is 0 Å². The molecule has 1 saturated heterocycles. The summed E-state index contributed by atoms with van der Waals surface area (Å²) in [5.41, 5.74) is 1.11. The Morgan fingerprint density at radius 1 is 1.37 bits per heavy atom. The number of hydrogen-bond donors (Lipinski definition) is 2. The Bertz CT molecular complexity index is 436. The number of aromatic nitrogens is 2. The van der Waals surface area contributed by atoms with Gasteiger partial charge in [-0.1, -0.05) is 6.92 Å². The molecule has 5 nitrogen and oxygen atoms in total. The average molecular weight is 264 g/mol. The van der Waals surface area contributed by atoms with Crippen molar-refractivity contribution in [2.45, 2.75) is 33.6 Å². The van der Waals surface area contributed by atoms with Gasteiger partial charge in [0.05, 0.1) is 0 Å². The Morgan fingerprint density at radius 3 is 2.79 bits per heavy atom. The third kappa shape index (κ3) is 3.15. The van der Waals surface area contributed by atoms with Crippen molar-refractivity contribution < 1.29 is 5.11 Å². The van der Waals surface area contributed by atoms with Gasteiger partial charge in [0.1, 0.15) is 17.5 Å². The topological polar surface area (TPSA) is 61.3 Å². The lowest BCUT2D eigenvalue weighted by Gasteiger charge is -2.21. The second-order valence-corrected chi connectivity index (χ2v) is 5.28. The molecule has 0 amide bonds. The highest BCUT2D eigenvalue weighted by atomic mass is 16.3. The smallest absolute Gasteiger partial charge is 0.137 e. The minimum absolute atomic E-state index is 0.264. The molecule has 2 rings (SSSR count). The van der Waals surface area contributed by atoms with E-state index >= 15 is 0 Å². The molecule has 1 aromatic rings. The molecule has 1 atom stereocenters. The van der Waals surface area contributed by atoms with E-state index in [1.165, 1.54) is 0 Å². The lowest BCUT2D eigenvalue weighted by atomic mass is 10.1. The highest BCUT2D eigenvalue weighted by Crippen LogP contribution is 2.28. The van der Waals surface area contributed by atoms with Crippen molar-refractivity contribution in [1.82, 2.24) is 9.97 Å². The second-order valence-electron chi connectivity index (χ2n) is 5.28. The molecule has 0 spiro atoms. The normalized spacial score (nSPS) is 18.9. The molecule has 1 unspecified atom stereocenters. The molecular formula is C14H24N4O. The van der Waals surface area contributed by atoms with E-state index < -0.39 is 0 Å². The van der Waals surface area contributed by atoms with Crippen LogP contribution in [0.1, 0.15) is 31.2 Å². The van der Waals surface area contributed by atoms with Crippen LogP contribution in [-0.2, 0) is 0 Å². The number of aliphatic hydroxyl groups is 1. The van der Waals surface area contributed by atoms with Gasteiger partial charge in [0.2, 0.25) is 0 Å². The molecule has 2 N–H and O–H groups in total. The quantitative estimate of drug-likeness (QED) is 0.848. The van der Waals surface area contributed by atoms with E-state index in [1.807, 2.05) is 6.92 Å². The fraction of sp³-hybridized carbons (Fsp3) is 0.714. The summed E-state index contributed by atoms with van der Waals surface area (Å²) in [5, 5.41) is 12.6. The van der Waals surface area contributed by atoms with Gasteiger partial charge >= 0.3 is 0 Å². The molecular weight excluding hydrogens is 240 g/mol. The summed E-state index contributed by atoms with van der Waals surface area (Å²) in [4.78, 5) is 11.3. The summed E-state index contributed by atoms with van der Waals surface area (Å²) in [6.07, 6.45) is 2.12.